The number of hydrogen-bond acceptors (Lipinski definition) is 6. The summed E-state index contributed by atoms with van der Waals surface area (Å²) < 4.78 is 85.6. The van der Waals surface area contributed by atoms with Gasteiger partial charge in [-0.25, -0.2) is 9.59 Å². The van der Waals surface area contributed by atoms with Crippen LogP contribution < -0.4 is 0 Å². The second-order valence-corrected chi connectivity index (χ2v) is 4.97. The number of alkyl halides is 6. The third-order valence-electron chi connectivity index (χ3n) is 2.64. The van der Waals surface area contributed by atoms with Gasteiger partial charge >= 0.3 is 24.3 Å². The number of halogens is 6. The minimum atomic E-state index is -4.90. The molecular formula is C13H17F6NO5. The van der Waals surface area contributed by atoms with Crippen LogP contribution in [0.5, 0.6) is 0 Å². The van der Waals surface area contributed by atoms with Crippen molar-refractivity contribution in [3.63, 3.8) is 0 Å². The molecule has 25 heavy (non-hydrogen) atoms. The molecule has 0 aliphatic rings. The van der Waals surface area contributed by atoms with E-state index in [9.17, 15) is 35.9 Å². The monoisotopic (exact) mass is 381 g/mol. The molecule has 0 heterocycles. The first-order valence-electron chi connectivity index (χ1n) is 6.68. The third-order valence-corrected chi connectivity index (χ3v) is 2.64. The predicted molar refractivity (Wildman–Crippen MR) is 71.0 cm³/mol. The molecule has 0 saturated carbocycles. The van der Waals surface area contributed by atoms with Crippen molar-refractivity contribution >= 4 is 11.9 Å². The minimum absolute atomic E-state index is 0.421. The highest BCUT2D eigenvalue weighted by molar-refractivity contribution is 6.14. The Labute approximate surface area is 139 Å². The van der Waals surface area contributed by atoms with Gasteiger partial charge in [0.1, 0.15) is 0 Å². The maximum absolute atomic E-state index is 12.2. The molecule has 0 saturated heterocycles. The Bertz CT molecular complexity index is 480. The van der Waals surface area contributed by atoms with Crippen molar-refractivity contribution < 1.29 is 50.1 Å². The molecule has 0 aliphatic heterocycles. The van der Waals surface area contributed by atoms with Gasteiger partial charge < -0.3 is 19.1 Å². The number of esters is 2. The van der Waals surface area contributed by atoms with Crippen molar-refractivity contribution in [1.82, 2.24) is 4.90 Å². The molecule has 0 N–H and O–H groups in total. The number of hydrogen-bond donors (Lipinski definition) is 0. The zero-order chi connectivity index (χ0) is 20.0. The number of ether oxygens (including phenoxy) is 3. The number of methoxy groups -OCH3 is 1. The summed E-state index contributed by atoms with van der Waals surface area (Å²) in [4.78, 5) is 24.8. The zero-order valence-electron chi connectivity index (χ0n) is 13.7. The van der Waals surface area contributed by atoms with Gasteiger partial charge in [0.25, 0.3) is 0 Å². The van der Waals surface area contributed by atoms with Crippen LogP contribution in [-0.4, -0.2) is 62.6 Å². The standard InChI is InChI=1S/C13H17F6NO5/c1-7(2)20(3)9(23-4)8(10(21)24-5-12(14,15)16)11(22)25-6-13(17,18)19/h7H,5-6H2,1-4H3. The minimum Gasteiger partial charge on any atom is -0.482 e. The Kier molecular flexibility index (Phi) is 8.06. The van der Waals surface area contributed by atoms with Crippen molar-refractivity contribution in [3.05, 3.63) is 11.5 Å². The summed E-state index contributed by atoms with van der Waals surface area (Å²) in [5.41, 5.74) is -1.22. The predicted octanol–water partition coefficient (Wildman–Crippen LogP) is 2.40. The van der Waals surface area contributed by atoms with E-state index in [0.717, 1.165) is 12.0 Å². The average Bonchev–Trinajstić information content (AvgIpc) is 2.45. The summed E-state index contributed by atoms with van der Waals surface area (Å²) in [5.74, 6) is -4.24. The lowest BCUT2D eigenvalue weighted by Crippen LogP contribution is -2.34. The first-order chi connectivity index (χ1) is 11.2. The topological polar surface area (TPSA) is 65.1 Å². The Morgan fingerprint density at radius 2 is 1.28 bits per heavy atom. The van der Waals surface area contributed by atoms with Crippen LogP contribution in [0.4, 0.5) is 26.3 Å². The molecule has 0 amide bonds. The van der Waals surface area contributed by atoms with Crippen LogP contribution >= 0.6 is 0 Å². The van der Waals surface area contributed by atoms with E-state index in [1.807, 2.05) is 0 Å². The van der Waals surface area contributed by atoms with Crippen LogP contribution in [0.15, 0.2) is 11.5 Å². The summed E-state index contributed by atoms with van der Waals surface area (Å²) in [7, 11) is 2.28. The highest BCUT2D eigenvalue weighted by Gasteiger charge is 2.37. The molecule has 0 aromatic carbocycles. The highest BCUT2D eigenvalue weighted by atomic mass is 19.4. The molecule has 0 spiro atoms. The van der Waals surface area contributed by atoms with Gasteiger partial charge in [-0.3, -0.25) is 0 Å². The fourth-order valence-corrected chi connectivity index (χ4v) is 1.35. The lowest BCUT2D eigenvalue weighted by atomic mass is 10.2. The highest BCUT2D eigenvalue weighted by Crippen LogP contribution is 2.21. The first-order valence-corrected chi connectivity index (χ1v) is 6.68. The normalized spacial score (nSPS) is 11.8. The third kappa shape index (κ3) is 8.49. The van der Waals surface area contributed by atoms with Gasteiger partial charge in [-0.2, -0.15) is 26.3 Å². The van der Waals surface area contributed by atoms with Crippen LogP contribution in [0.25, 0.3) is 0 Å². The molecule has 146 valence electrons. The number of carbonyl (C=O) groups excluding carboxylic acids is 2. The van der Waals surface area contributed by atoms with Crippen molar-refractivity contribution in [3.8, 4) is 0 Å². The van der Waals surface area contributed by atoms with Gasteiger partial charge in [-0.05, 0) is 13.8 Å². The summed E-state index contributed by atoms with van der Waals surface area (Å²) >= 11 is 0. The molecule has 0 unspecified atom stereocenters. The van der Waals surface area contributed by atoms with Crippen LogP contribution in [-0.2, 0) is 23.8 Å². The fraction of sp³-hybridized carbons (Fsp3) is 0.692. The molecule has 0 aliphatic carbocycles. The van der Waals surface area contributed by atoms with E-state index in [1.165, 1.54) is 7.05 Å². The Balaban J connectivity index is 5.70. The summed E-state index contributed by atoms with van der Waals surface area (Å²) in [6, 6.07) is -0.421. The fourth-order valence-electron chi connectivity index (χ4n) is 1.35. The second kappa shape index (κ2) is 8.81. The largest absolute Gasteiger partial charge is 0.482 e. The molecular weight excluding hydrogens is 364 g/mol. The maximum Gasteiger partial charge on any atom is 0.422 e. The molecule has 12 heteroatoms. The van der Waals surface area contributed by atoms with Gasteiger partial charge in [0.15, 0.2) is 13.2 Å². The van der Waals surface area contributed by atoms with E-state index in [-0.39, 0.29) is 0 Å². The number of carbonyl (C=O) groups is 2. The van der Waals surface area contributed by atoms with E-state index in [4.69, 9.17) is 4.74 Å². The molecule has 0 bridgehead atoms. The Morgan fingerprint density at radius 1 is 0.920 bits per heavy atom. The Morgan fingerprint density at radius 3 is 1.52 bits per heavy atom. The molecule has 0 rings (SSSR count). The lowest BCUT2D eigenvalue weighted by Gasteiger charge is -2.26. The van der Waals surface area contributed by atoms with E-state index in [0.29, 0.717) is 0 Å². The van der Waals surface area contributed by atoms with Crippen LogP contribution in [0, 0.1) is 0 Å². The summed E-state index contributed by atoms with van der Waals surface area (Å²) in [6.45, 7) is -0.938. The Hall–Kier alpha value is -2.14. The average molecular weight is 381 g/mol. The van der Waals surface area contributed by atoms with E-state index >= 15 is 0 Å². The second-order valence-electron chi connectivity index (χ2n) is 4.97. The molecule has 0 aromatic heterocycles. The van der Waals surface area contributed by atoms with Crippen LogP contribution in [0.2, 0.25) is 0 Å². The quantitative estimate of drug-likeness (QED) is 0.169. The zero-order valence-corrected chi connectivity index (χ0v) is 13.7. The van der Waals surface area contributed by atoms with Gasteiger partial charge in [-0.1, -0.05) is 0 Å². The van der Waals surface area contributed by atoms with Gasteiger partial charge in [-0.15, -0.1) is 0 Å². The van der Waals surface area contributed by atoms with Gasteiger partial charge in [0.05, 0.1) is 7.11 Å². The van der Waals surface area contributed by atoms with Crippen LogP contribution in [0.3, 0.4) is 0 Å². The first kappa shape index (κ1) is 22.9. The lowest BCUT2D eigenvalue weighted by molar-refractivity contribution is -0.189. The number of rotatable bonds is 7. The van der Waals surface area contributed by atoms with Crippen LogP contribution in [0.1, 0.15) is 13.8 Å². The van der Waals surface area contributed by atoms with Crippen molar-refractivity contribution in [2.24, 2.45) is 0 Å². The van der Waals surface area contributed by atoms with Gasteiger partial charge in [0, 0.05) is 13.1 Å². The molecule has 6 nitrogen and oxygen atoms in total. The van der Waals surface area contributed by atoms with Crippen molar-refractivity contribution in [2.45, 2.75) is 32.2 Å². The van der Waals surface area contributed by atoms with E-state index in [1.54, 1.807) is 13.8 Å². The molecule has 0 fully saturated rings. The summed E-state index contributed by atoms with van der Waals surface area (Å²) in [5, 5.41) is 0. The molecule has 0 radical (unpaired) electrons. The molecule has 0 atom stereocenters. The summed E-state index contributed by atoms with van der Waals surface area (Å²) in [6.07, 6.45) is -9.79. The van der Waals surface area contributed by atoms with Crippen molar-refractivity contribution in [1.29, 1.82) is 0 Å². The van der Waals surface area contributed by atoms with E-state index < -0.39 is 55.0 Å². The molecule has 0 aromatic rings. The van der Waals surface area contributed by atoms with Gasteiger partial charge in [0.2, 0.25) is 11.5 Å². The maximum atomic E-state index is 12.2. The number of nitrogens with zero attached hydrogens (tertiary/aromatic N) is 1. The van der Waals surface area contributed by atoms with Crippen molar-refractivity contribution in [2.75, 3.05) is 27.4 Å². The SMILES string of the molecule is COC(=C(C(=O)OCC(F)(F)F)C(=O)OCC(F)(F)F)N(C)C(C)C. The smallest absolute Gasteiger partial charge is 0.422 e. The van der Waals surface area contributed by atoms with E-state index in [2.05, 4.69) is 9.47 Å².